The molecule has 0 amide bonds. The quantitative estimate of drug-likeness (QED) is 0.240. The summed E-state index contributed by atoms with van der Waals surface area (Å²) < 4.78 is 23.8. The van der Waals surface area contributed by atoms with Gasteiger partial charge in [0.05, 0.1) is 11.5 Å². The normalized spacial score (nSPS) is 11.7. The van der Waals surface area contributed by atoms with Crippen LogP contribution >= 0.6 is 0 Å². The molecule has 0 saturated carbocycles. The molecule has 2 nitrogen and oxygen atoms in total. The van der Waals surface area contributed by atoms with Crippen molar-refractivity contribution in [3.05, 3.63) is 12.7 Å². The molecule has 0 fully saturated rings. The zero-order chi connectivity index (χ0) is 16.5. The Hall–Kier alpha value is -0.310. The first kappa shape index (κ1) is 21.7. The number of sulfone groups is 1. The molecule has 0 aromatic carbocycles. The highest BCUT2D eigenvalue weighted by molar-refractivity contribution is 7.91. The van der Waals surface area contributed by atoms with Crippen LogP contribution < -0.4 is 0 Å². The summed E-state index contributed by atoms with van der Waals surface area (Å²) in [4.78, 5) is 0. The fourth-order valence-corrected chi connectivity index (χ4v) is 4.19. The van der Waals surface area contributed by atoms with Gasteiger partial charge in [-0.25, -0.2) is 8.42 Å². The lowest BCUT2D eigenvalue weighted by molar-refractivity contribution is 0.570. The van der Waals surface area contributed by atoms with Crippen molar-refractivity contribution in [1.29, 1.82) is 0 Å². The first-order valence-electron chi connectivity index (χ1n) is 9.43. The standard InChI is InChI=1S/C19H38O2S/c1-3-5-7-9-11-12-13-15-17-19-22(20,21)18-16-14-10-8-6-4-2/h3H,1,4-19H2,2H3. The second kappa shape index (κ2) is 15.6. The summed E-state index contributed by atoms with van der Waals surface area (Å²) in [6, 6.07) is 0. The van der Waals surface area contributed by atoms with Crippen molar-refractivity contribution in [3.8, 4) is 0 Å². The largest absolute Gasteiger partial charge is 0.229 e. The van der Waals surface area contributed by atoms with E-state index in [0.717, 1.165) is 32.1 Å². The van der Waals surface area contributed by atoms with Crippen LogP contribution in [0.2, 0.25) is 0 Å². The topological polar surface area (TPSA) is 34.1 Å². The summed E-state index contributed by atoms with van der Waals surface area (Å²) in [5.74, 6) is 0.805. The van der Waals surface area contributed by atoms with Gasteiger partial charge in [0, 0.05) is 0 Å². The van der Waals surface area contributed by atoms with Gasteiger partial charge in [-0.2, -0.15) is 0 Å². The molecular weight excluding hydrogens is 292 g/mol. The van der Waals surface area contributed by atoms with E-state index in [4.69, 9.17) is 0 Å². The highest BCUT2D eigenvalue weighted by Crippen LogP contribution is 2.11. The van der Waals surface area contributed by atoms with Crippen LogP contribution in [0, 0.1) is 0 Å². The molecule has 0 atom stereocenters. The average Bonchev–Trinajstić information content (AvgIpc) is 2.49. The Morgan fingerprint density at radius 3 is 1.55 bits per heavy atom. The number of hydrogen-bond donors (Lipinski definition) is 0. The van der Waals surface area contributed by atoms with Crippen molar-refractivity contribution >= 4 is 9.84 Å². The number of unbranched alkanes of at least 4 members (excludes halogenated alkanes) is 12. The van der Waals surface area contributed by atoms with Gasteiger partial charge in [0.15, 0.2) is 0 Å². The molecule has 0 bridgehead atoms. The molecule has 0 saturated heterocycles. The second-order valence-corrected chi connectivity index (χ2v) is 8.78. The summed E-state index contributed by atoms with van der Waals surface area (Å²) in [6.07, 6.45) is 18.1. The minimum Gasteiger partial charge on any atom is -0.229 e. The van der Waals surface area contributed by atoms with Gasteiger partial charge in [-0.15, -0.1) is 6.58 Å². The summed E-state index contributed by atoms with van der Waals surface area (Å²) in [5, 5.41) is 0. The van der Waals surface area contributed by atoms with E-state index >= 15 is 0 Å². The second-order valence-electron chi connectivity index (χ2n) is 6.47. The van der Waals surface area contributed by atoms with E-state index in [9.17, 15) is 8.42 Å². The number of rotatable bonds is 17. The molecule has 3 heteroatoms. The maximum atomic E-state index is 11.9. The highest BCUT2D eigenvalue weighted by atomic mass is 32.2. The Morgan fingerprint density at radius 2 is 1.09 bits per heavy atom. The zero-order valence-electron chi connectivity index (χ0n) is 14.8. The zero-order valence-corrected chi connectivity index (χ0v) is 15.6. The summed E-state index contributed by atoms with van der Waals surface area (Å²) in [7, 11) is -2.79. The molecule has 0 heterocycles. The van der Waals surface area contributed by atoms with E-state index in [1.54, 1.807) is 0 Å². The molecule has 0 N–H and O–H groups in total. The molecule has 0 aliphatic heterocycles. The van der Waals surface area contributed by atoms with E-state index in [0.29, 0.717) is 11.5 Å². The van der Waals surface area contributed by atoms with Gasteiger partial charge in [-0.1, -0.05) is 77.2 Å². The molecule has 0 aliphatic rings. The van der Waals surface area contributed by atoms with Gasteiger partial charge in [-0.05, 0) is 25.7 Å². The average molecular weight is 331 g/mol. The van der Waals surface area contributed by atoms with Gasteiger partial charge >= 0.3 is 0 Å². The van der Waals surface area contributed by atoms with Crippen molar-refractivity contribution in [2.45, 2.75) is 96.8 Å². The van der Waals surface area contributed by atoms with Crippen LogP contribution in [-0.2, 0) is 9.84 Å². The minimum atomic E-state index is -2.79. The lowest BCUT2D eigenvalue weighted by atomic mass is 10.1. The predicted octanol–water partition coefficient (Wildman–Crippen LogP) is 6.07. The molecule has 0 aromatic rings. The van der Waals surface area contributed by atoms with Crippen LogP contribution in [0.25, 0.3) is 0 Å². The maximum Gasteiger partial charge on any atom is 0.150 e. The lowest BCUT2D eigenvalue weighted by Gasteiger charge is -2.05. The smallest absolute Gasteiger partial charge is 0.150 e. The van der Waals surface area contributed by atoms with Gasteiger partial charge in [0.1, 0.15) is 9.84 Å². The van der Waals surface area contributed by atoms with Gasteiger partial charge in [-0.3, -0.25) is 0 Å². The molecule has 0 radical (unpaired) electrons. The first-order valence-corrected chi connectivity index (χ1v) is 11.3. The molecule has 0 rings (SSSR count). The Kier molecular flexibility index (Phi) is 15.4. The van der Waals surface area contributed by atoms with Crippen LogP contribution in [-0.4, -0.2) is 19.9 Å². The SMILES string of the molecule is C=CCCCCCCCCCS(=O)(=O)CCCCCCCC. The monoisotopic (exact) mass is 330 g/mol. The van der Waals surface area contributed by atoms with Crippen LogP contribution in [0.15, 0.2) is 12.7 Å². The van der Waals surface area contributed by atoms with Crippen molar-refractivity contribution in [2.75, 3.05) is 11.5 Å². The molecule has 0 unspecified atom stereocenters. The lowest BCUT2D eigenvalue weighted by Crippen LogP contribution is -2.11. The fraction of sp³-hybridized carbons (Fsp3) is 0.895. The van der Waals surface area contributed by atoms with E-state index in [-0.39, 0.29) is 0 Å². The summed E-state index contributed by atoms with van der Waals surface area (Å²) in [5.41, 5.74) is 0. The highest BCUT2D eigenvalue weighted by Gasteiger charge is 2.09. The Morgan fingerprint density at radius 1 is 0.682 bits per heavy atom. The fourth-order valence-electron chi connectivity index (χ4n) is 2.70. The van der Waals surface area contributed by atoms with E-state index in [1.807, 2.05) is 6.08 Å². The summed E-state index contributed by atoms with van der Waals surface area (Å²) >= 11 is 0. The minimum absolute atomic E-state index is 0.401. The van der Waals surface area contributed by atoms with Crippen LogP contribution in [0.1, 0.15) is 96.8 Å². The number of allylic oxidation sites excluding steroid dienone is 1. The Labute approximate surface area is 139 Å². The molecule has 22 heavy (non-hydrogen) atoms. The van der Waals surface area contributed by atoms with E-state index in [1.165, 1.54) is 57.8 Å². The van der Waals surface area contributed by atoms with Crippen molar-refractivity contribution in [3.63, 3.8) is 0 Å². The van der Waals surface area contributed by atoms with Gasteiger partial charge < -0.3 is 0 Å². The Balaban J connectivity index is 3.38. The van der Waals surface area contributed by atoms with Gasteiger partial charge in [0.2, 0.25) is 0 Å². The molecular formula is C19H38O2S. The Bertz CT molecular complexity index is 333. The molecule has 0 spiro atoms. The molecule has 0 aliphatic carbocycles. The van der Waals surface area contributed by atoms with Crippen LogP contribution in [0.5, 0.6) is 0 Å². The third-order valence-corrected chi connectivity index (χ3v) is 5.99. The number of hydrogen-bond acceptors (Lipinski definition) is 2. The first-order chi connectivity index (χ1) is 10.6. The maximum absolute atomic E-state index is 11.9. The van der Waals surface area contributed by atoms with Crippen LogP contribution in [0.3, 0.4) is 0 Å². The van der Waals surface area contributed by atoms with Crippen molar-refractivity contribution < 1.29 is 8.42 Å². The van der Waals surface area contributed by atoms with E-state index in [2.05, 4.69) is 13.5 Å². The van der Waals surface area contributed by atoms with Gasteiger partial charge in [0.25, 0.3) is 0 Å². The predicted molar refractivity (Wildman–Crippen MR) is 99.2 cm³/mol. The molecule has 0 aromatic heterocycles. The molecule has 132 valence electrons. The van der Waals surface area contributed by atoms with Crippen molar-refractivity contribution in [1.82, 2.24) is 0 Å². The summed E-state index contributed by atoms with van der Waals surface area (Å²) in [6.45, 7) is 5.92. The van der Waals surface area contributed by atoms with E-state index < -0.39 is 9.84 Å². The third kappa shape index (κ3) is 16.1. The van der Waals surface area contributed by atoms with Crippen LogP contribution in [0.4, 0.5) is 0 Å². The third-order valence-electron chi connectivity index (χ3n) is 4.17. The van der Waals surface area contributed by atoms with Crippen molar-refractivity contribution in [2.24, 2.45) is 0 Å².